The van der Waals surface area contributed by atoms with Crippen molar-refractivity contribution in [3.8, 4) is 0 Å². The van der Waals surface area contributed by atoms with Crippen molar-refractivity contribution in [1.29, 1.82) is 0 Å². The van der Waals surface area contributed by atoms with Crippen molar-refractivity contribution in [3.63, 3.8) is 0 Å². The highest BCUT2D eigenvalue weighted by molar-refractivity contribution is 5.81. The molecular formula is C18H27N3. The second-order valence-corrected chi connectivity index (χ2v) is 7.12. The fourth-order valence-corrected chi connectivity index (χ4v) is 3.68. The first kappa shape index (κ1) is 14.6. The molecule has 1 aromatic heterocycles. The van der Waals surface area contributed by atoms with Crippen LogP contribution in [0.25, 0.3) is 10.9 Å². The summed E-state index contributed by atoms with van der Waals surface area (Å²) in [5.74, 6) is 0. The number of hydrogen-bond acceptors (Lipinski definition) is 2. The molecule has 114 valence electrons. The van der Waals surface area contributed by atoms with Crippen molar-refractivity contribution < 1.29 is 0 Å². The first-order valence-corrected chi connectivity index (χ1v) is 8.27. The minimum absolute atomic E-state index is 0.487. The Balaban J connectivity index is 1.73. The van der Waals surface area contributed by atoms with Gasteiger partial charge in [-0.1, -0.05) is 38.5 Å². The molecule has 1 aliphatic rings. The van der Waals surface area contributed by atoms with Gasteiger partial charge in [0, 0.05) is 24.5 Å². The van der Waals surface area contributed by atoms with Crippen LogP contribution in [-0.4, -0.2) is 15.8 Å². The van der Waals surface area contributed by atoms with Crippen LogP contribution >= 0.6 is 0 Å². The van der Waals surface area contributed by atoms with Crippen LogP contribution in [0.5, 0.6) is 0 Å². The van der Waals surface area contributed by atoms with Gasteiger partial charge < -0.3 is 5.32 Å². The Bertz CT molecular complexity index is 612. The van der Waals surface area contributed by atoms with Gasteiger partial charge >= 0.3 is 0 Å². The Hall–Kier alpha value is -1.35. The zero-order valence-corrected chi connectivity index (χ0v) is 13.5. The number of rotatable bonds is 4. The van der Waals surface area contributed by atoms with Crippen LogP contribution in [0.4, 0.5) is 0 Å². The Morgan fingerprint density at radius 3 is 2.90 bits per heavy atom. The van der Waals surface area contributed by atoms with Gasteiger partial charge in [0.2, 0.25) is 0 Å². The van der Waals surface area contributed by atoms with E-state index in [2.05, 4.69) is 55.0 Å². The highest BCUT2D eigenvalue weighted by atomic mass is 15.3. The average Bonchev–Trinajstić information content (AvgIpc) is 2.82. The summed E-state index contributed by atoms with van der Waals surface area (Å²) >= 11 is 0. The molecular weight excluding hydrogens is 258 g/mol. The van der Waals surface area contributed by atoms with Crippen molar-refractivity contribution in [3.05, 3.63) is 30.0 Å². The van der Waals surface area contributed by atoms with Gasteiger partial charge in [-0.05, 0) is 37.7 Å². The lowest BCUT2D eigenvalue weighted by Gasteiger charge is -2.35. The summed E-state index contributed by atoms with van der Waals surface area (Å²) in [7, 11) is 0. The van der Waals surface area contributed by atoms with E-state index >= 15 is 0 Å². The van der Waals surface area contributed by atoms with Crippen molar-refractivity contribution in [1.82, 2.24) is 15.1 Å². The first-order chi connectivity index (χ1) is 10.1. The Morgan fingerprint density at radius 2 is 2.14 bits per heavy atom. The number of aryl methyl sites for hydroxylation is 1. The molecule has 0 spiro atoms. The molecule has 1 fully saturated rings. The minimum atomic E-state index is 0.487. The second-order valence-electron chi connectivity index (χ2n) is 7.12. The molecule has 1 heterocycles. The maximum atomic E-state index is 4.78. The standard InChI is InChI=1S/C18H27N3/c1-4-21-17-10-6-5-9-15(17)16(20-21)13-19-14-8-7-11-18(2,3)12-14/h5-6,9-10,14,19H,4,7-8,11-13H2,1-3H3. The third-order valence-corrected chi connectivity index (χ3v) is 4.80. The van der Waals surface area contributed by atoms with Gasteiger partial charge in [-0.2, -0.15) is 5.10 Å². The molecule has 0 radical (unpaired) electrons. The van der Waals surface area contributed by atoms with Gasteiger partial charge in [-0.25, -0.2) is 0 Å². The smallest absolute Gasteiger partial charge is 0.0841 e. The fraction of sp³-hybridized carbons (Fsp3) is 0.611. The average molecular weight is 285 g/mol. The Morgan fingerprint density at radius 1 is 1.33 bits per heavy atom. The molecule has 0 bridgehead atoms. The second kappa shape index (κ2) is 5.80. The number of nitrogens with one attached hydrogen (secondary N) is 1. The van der Waals surface area contributed by atoms with E-state index in [-0.39, 0.29) is 0 Å². The highest BCUT2D eigenvalue weighted by Crippen LogP contribution is 2.35. The molecule has 3 heteroatoms. The monoisotopic (exact) mass is 285 g/mol. The zero-order valence-electron chi connectivity index (χ0n) is 13.5. The number of aromatic nitrogens is 2. The summed E-state index contributed by atoms with van der Waals surface area (Å²) in [4.78, 5) is 0. The van der Waals surface area contributed by atoms with Gasteiger partial charge in [-0.3, -0.25) is 4.68 Å². The van der Waals surface area contributed by atoms with E-state index in [0.29, 0.717) is 11.5 Å². The predicted molar refractivity (Wildman–Crippen MR) is 88.3 cm³/mol. The molecule has 1 atom stereocenters. The zero-order chi connectivity index (χ0) is 14.9. The fourth-order valence-electron chi connectivity index (χ4n) is 3.68. The van der Waals surface area contributed by atoms with E-state index in [4.69, 9.17) is 5.10 Å². The van der Waals surface area contributed by atoms with E-state index in [0.717, 1.165) is 13.1 Å². The topological polar surface area (TPSA) is 29.9 Å². The van der Waals surface area contributed by atoms with Crippen LogP contribution in [0.3, 0.4) is 0 Å². The molecule has 2 aromatic rings. The van der Waals surface area contributed by atoms with Crippen LogP contribution < -0.4 is 5.32 Å². The Labute approximate surface area is 127 Å². The highest BCUT2D eigenvalue weighted by Gasteiger charge is 2.27. The summed E-state index contributed by atoms with van der Waals surface area (Å²) in [5.41, 5.74) is 2.93. The number of benzene rings is 1. The van der Waals surface area contributed by atoms with Crippen molar-refractivity contribution in [2.75, 3.05) is 0 Å². The van der Waals surface area contributed by atoms with Crippen molar-refractivity contribution in [2.24, 2.45) is 5.41 Å². The van der Waals surface area contributed by atoms with Gasteiger partial charge in [0.1, 0.15) is 0 Å². The van der Waals surface area contributed by atoms with Crippen LogP contribution in [0.2, 0.25) is 0 Å². The lowest BCUT2D eigenvalue weighted by atomic mass is 9.75. The summed E-state index contributed by atoms with van der Waals surface area (Å²) in [6, 6.07) is 9.20. The minimum Gasteiger partial charge on any atom is -0.308 e. The van der Waals surface area contributed by atoms with Gasteiger partial charge in [0.25, 0.3) is 0 Å². The summed E-state index contributed by atoms with van der Waals surface area (Å²) in [6.07, 6.45) is 5.28. The lowest BCUT2D eigenvalue weighted by molar-refractivity contribution is 0.197. The Kier molecular flexibility index (Phi) is 4.03. The number of fused-ring (bicyclic) bond motifs is 1. The van der Waals surface area contributed by atoms with Gasteiger partial charge in [0.15, 0.2) is 0 Å². The van der Waals surface area contributed by atoms with Crippen LogP contribution in [0.15, 0.2) is 24.3 Å². The molecule has 1 aromatic carbocycles. The summed E-state index contributed by atoms with van der Waals surface area (Å²) in [6.45, 7) is 8.75. The number of nitrogens with zero attached hydrogens (tertiary/aromatic N) is 2. The summed E-state index contributed by atoms with van der Waals surface area (Å²) < 4.78 is 2.11. The van der Waals surface area contributed by atoms with Crippen LogP contribution in [-0.2, 0) is 13.1 Å². The maximum absolute atomic E-state index is 4.78. The van der Waals surface area contributed by atoms with Gasteiger partial charge in [-0.15, -0.1) is 0 Å². The number of para-hydroxylation sites is 1. The maximum Gasteiger partial charge on any atom is 0.0841 e. The first-order valence-electron chi connectivity index (χ1n) is 8.27. The molecule has 1 N–H and O–H groups in total. The third kappa shape index (κ3) is 3.13. The van der Waals surface area contributed by atoms with E-state index < -0.39 is 0 Å². The van der Waals surface area contributed by atoms with Crippen molar-refractivity contribution in [2.45, 2.75) is 65.6 Å². The predicted octanol–water partition coefficient (Wildman–Crippen LogP) is 4.11. The summed E-state index contributed by atoms with van der Waals surface area (Å²) in [5, 5.41) is 9.82. The van der Waals surface area contributed by atoms with Gasteiger partial charge in [0.05, 0.1) is 11.2 Å². The SMILES string of the molecule is CCn1nc(CNC2CCCC(C)(C)C2)c2ccccc21. The molecule has 0 saturated heterocycles. The number of hydrogen-bond donors (Lipinski definition) is 1. The molecule has 1 saturated carbocycles. The van der Waals surface area contributed by atoms with E-state index in [1.807, 2.05) is 0 Å². The van der Waals surface area contributed by atoms with E-state index in [1.54, 1.807) is 0 Å². The molecule has 1 unspecified atom stereocenters. The van der Waals surface area contributed by atoms with Crippen molar-refractivity contribution >= 4 is 10.9 Å². The largest absolute Gasteiger partial charge is 0.308 e. The molecule has 1 aliphatic carbocycles. The molecule has 21 heavy (non-hydrogen) atoms. The molecule has 3 rings (SSSR count). The third-order valence-electron chi connectivity index (χ3n) is 4.80. The van der Waals surface area contributed by atoms with E-state index in [1.165, 1.54) is 42.3 Å². The normalized spacial score (nSPS) is 21.8. The van der Waals surface area contributed by atoms with Crippen LogP contribution in [0, 0.1) is 5.41 Å². The lowest BCUT2D eigenvalue weighted by Crippen LogP contribution is -2.37. The molecule has 0 amide bonds. The van der Waals surface area contributed by atoms with Crippen LogP contribution in [0.1, 0.15) is 52.1 Å². The van der Waals surface area contributed by atoms with E-state index in [9.17, 15) is 0 Å². The molecule has 0 aliphatic heterocycles. The quantitative estimate of drug-likeness (QED) is 0.916. The molecule has 3 nitrogen and oxygen atoms in total.